The number of Topliss-reactive ketones (excluding diaryl/α,β-unsaturated/α-hetero) is 1. The Labute approximate surface area is 215 Å². The molecule has 188 valence electrons. The van der Waals surface area contributed by atoms with Gasteiger partial charge >= 0.3 is 0 Å². The van der Waals surface area contributed by atoms with Crippen LogP contribution in [0.1, 0.15) is 29.7 Å². The highest BCUT2D eigenvalue weighted by molar-refractivity contribution is 6.51. The number of aryl methyl sites for hydroxylation is 2. The number of hydrogen-bond donors (Lipinski definition) is 1. The molecule has 1 fully saturated rings. The molecule has 0 saturated carbocycles. The Bertz CT molecular complexity index is 1550. The van der Waals surface area contributed by atoms with Crippen molar-refractivity contribution in [2.45, 2.75) is 19.9 Å². The second-order valence-electron chi connectivity index (χ2n) is 8.99. The molecule has 37 heavy (non-hydrogen) atoms. The molecule has 1 unspecified atom stereocenters. The minimum atomic E-state index is -0.827. The maximum atomic E-state index is 13.5. The lowest BCUT2D eigenvalue weighted by atomic mass is 9.94. The molecule has 1 N–H and O–H groups in total. The quantitative estimate of drug-likeness (QED) is 0.216. The number of methoxy groups -OCH3 is 1. The van der Waals surface area contributed by atoms with Gasteiger partial charge in [-0.2, -0.15) is 0 Å². The molecule has 0 aliphatic carbocycles. The van der Waals surface area contributed by atoms with Gasteiger partial charge in [-0.1, -0.05) is 18.2 Å². The highest BCUT2D eigenvalue weighted by Gasteiger charge is 2.47. The molecule has 3 aromatic carbocycles. The van der Waals surface area contributed by atoms with Crippen LogP contribution in [0.15, 0.2) is 78.5 Å². The van der Waals surface area contributed by atoms with E-state index in [1.807, 2.05) is 55.9 Å². The summed E-state index contributed by atoms with van der Waals surface area (Å²) in [5.41, 5.74) is 3.53. The fourth-order valence-electron chi connectivity index (χ4n) is 5.00. The summed E-state index contributed by atoms with van der Waals surface area (Å²) < 4.78 is 12.9. The average molecular weight is 497 g/mol. The van der Waals surface area contributed by atoms with Crippen LogP contribution < -0.4 is 14.4 Å². The highest BCUT2D eigenvalue weighted by atomic mass is 16.5. The number of anilines is 1. The number of carbonyl (C=O) groups is 2. The van der Waals surface area contributed by atoms with Crippen molar-refractivity contribution in [2.75, 3.05) is 18.6 Å². The van der Waals surface area contributed by atoms with Crippen molar-refractivity contribution in [1.82, 2.24) is 4.57 Å². The first-order chi connectivity index (χ1) is 17.8. The summed E-state index contributed by atoms with van der Waals surface area (Å²) in [4.78, 5) is 28.5. The molecule has 1 atom stereocenters. The molecular formula is C30H28N2O5. The van der Waals surface area contributed by atoms with Gasteiger partial charge in [-0.15, -0.1) is 0 Å². The summed E-state index contributed by atoms with van der Waals surface area (Å²) in [7, 11) is 3.48. The first-order valence-corrected chi connectivity index (χ1v) is 12.1. The molecule has 4 aromatic rings. The van der Waals surface area contributed by atoms with Crippen LogP contribution in [-0.2, 0) is 16.6 Å². The van der Waals surface area contributed by atoms with Crippen molar-refractivity contribution < 1.29 is 24.2 Å². The van der Waals surface area contributed by atoms with E-state index in [4.69, 9.17) is 9.47 Å². The van der Waals surface area contributed by atoms with E-state index in [2.05, 4.69) is 0 Å². The molecule has 2 heterocycles. The molecule has 1 saturated heterocycles. The van der Waals surface area contributed by atoms with Crippen LogP contribution >= 0.6 is 0 Å². The summed E-state index contributed by atoms with van der Waals surface area (Å²) in [6.07, 6.45) is 1.91. The Morgan fingerprint density at radius 3 is 2.43 bits per heavy atom. The molecule has 1 amide bonds. The number of para-hydroxylation sites is 1. The minimum absolute atomic E-state index is 0.0423. The van der Waals surface area contributed by atoms with Crippen molar-refractivity contribution in [3.8, 4) is 11.5 Å². The Balaban J connectivity index is 1.75. The molecule has 5 rings (SSSR count). The zero-order valence-electron chi connectivity index (χ0n) is 21.2. The lowest BCUT2D eigenvalue weighted by molar-refractivity contribution is -0.132. The topological polar surface area (TPSA) is 81.0 Å². The van der Waals surface area contributed by atoms with Crippen LogP contribution in [0.3, 0.4) is 0 Å². The molecule has 1 aliphatic rings. The first-order valence-electron chi connectivity index (χ1n) is 12.1. The standard InChI is InChI=1S/C30H28N2O5/c1-5-37-25-15-10-19(16-18(25)2)28(33)26-27(23-17-31(3)24-9-7-6-8-22(23)24)32(30(35)29(26)34)20-11-13-21(36-4)14-12-20/h6-17,27,33H,5H2,1-4H3/b28-26+. The van der Waals surface area contributed by atoms with Gasteiger partial charge in [0, 0.05) is 41.0 Å². The Kier molecular flexibility index (Phi) is 6.21. The van der Waals surface area contributed by atoms with E-state index in [-0.39, 0.29) is 11.3 Å². The smallest absolute Gasteiger partial charge is 0.300 e. The van der Waals surface area contributed by atoms with E-state index in [1.54, 1.807) is 49.6 Å². The number of ether oxygens (including phenoxy) is 2. The molecular weight excluding hydrogens is 468 g/mol. The third-order valence-electron chi connectivity index (χ3n) is 6.77. The number of carbonyl (C=O) groups excluding carboxylic acids is 2. The second kappa shape index (κ2) is 9.50. The SMILES string of the molecule is CCOc1ccc(/C(O)=C2\C(=O)C(=O)N(c3ccc(OC)cc3)C2c2cn(C)c3ccccc23)cc1C. The molecule has 0 radical (unpaired) electrons. The van der Waals surface area contributed by atoms with Gasteiger partial charge in [-0.05, 0) is 67.9 Å². The number of fused-ring (bicyclic) bond motifs is 1. The first kappa shape index (κ1) is 24.2. The third kappa shape index (κ3) is 4.02. The van der Waals surface area contributed by atoms with Gasteiger partial charge in [0.25, 0.3) is 11.7 Å². The van der Waals surface area contributed by atoms with Crippen LogP contribution in [0.4, 0.5) is 5.69 Å². The van der Waals surface area contributed by atoms with E-state index < -0.39 is 17.7 Å². The zero-order chi connectivity index (χ0) is 26.3. The summed E-state index contributed by atoms with van der Waals surface area (Å²) in [6.45, 7) is 4.29. The number of aromatic nitrogens is 1. The highest BCUT2D eigenvalue weighted by Crippen LogP contribution is 2.45. The van der Waals surface area contributed by atoms with Gasteiger partial charge in [0.15, 0.2) is 0 Å². The van der Waals surface area contributed by atoms with Gasteiger partial charge in [-0.25, -0.2) is 0 Å². The Morgan fingerprint density at radius 1 is 1.03 bits per heavy atom. The van der Waals surface area contributed by atoms with Crippen LogP contribution in [0, 0.1) is 6.92 Å². The summed E-state index contributed by atoms with van der Waals surface area (Å²) in [6, 6.07) is 19.2. The van der Waals surface area contributed by atoms with Gasteiger partial charge in [0.05, 0.1) is 25.3 Å². The average Bonchev–Trinajstić information content (AvgIpc) is 3.38. The lowest BCUT2D eigenvalue weighted by Gasteiger charge is -2.25. The van der Waals surface area contributed by atoms with Crippen LogP contribution in [0.5, 0.6) is 11.5 Å². The van der Waals surface area contributed by atoms with Crippen LogP contribution in [0.25, 0.3) is 16.7 Å². The molecule has 0 spiro atoms. The van der Waals surface area contributed by atoms with Gasteiger partial charge in [0.2, 0.25) is 0 Å². The number of nitrogens with zero attached hydrogens (tertiary/aromatic N) is 2. The predicted molar refractivity (Wildman–Crippen MR) is 143 cm³/mol. The number of benzene rings is 3. The van der Waals surface area contributed by atoms with Gasteiger partial charge in [-0.3, -0.25) is 14.5 Å². The number of amides is 1. The van der Waals surface area contributed by atoms with E-state index in [1.165, 1.54) is 4.90 Å². The molecule has 0 bridgehead atoms. The van der Waals surface area contributed by atoms with Crippen molar-refractivity contribution in [2.24, 2.45) is 7.05 Å². The van der Waals surface area contributed by atoms with E-state index in [9.17, 15) is 14.7 Å². The summed E-state index contributed by atoms with van der Waals surface area (Å²) >= 11 is 0. The van der Waals surface area contributed by atoms with E-state index >= 15 is 0 Å². The van der Waals surface area contributed by atoms with Crippen molar-refractivity contribution in [3.05, 3.63) is 95.2 Å². The van der Waals surface area contributed by atoms with E-state index in [0.717, 1.165) is 22.0 Å². The van der Waals surface area contributed by atoms with Gasteiger partial charge in [0.1, 0.15) is 17.3 Å². The molecule has 1 aromatic heterocycles. The van der Waals surface area contributed by atoms with Crippen molar-refractivity contribution in [3.63, 3.8) is 0 Å². The number of hydrogen-bond acceptors (Lipinski definition) is 5. The third-order valence-corrected chi connectivity index (χ3v) is 6.77. The normalized spacial score (nSPS) is 17.0. The number of aliphatic hydroxyl groups excluding tert-OH is 1. The summed E-state index contributed by atoms with van der Waals surface area (Å²) in [5, 5.41) is 12.4. The fourth-order valence-corrected chi connectivity index (χ4v) is 5.00. The molecule has 1 aliphatic heterocycles. The largest absolute Gasteiger partial charge is 0.507 e. The number of aliphatic hydroxyl groups is 1. The maximum Gasteiger partial charge on any atom is 0.300 e. The van der Waals surface area contributed by atoms with Crippen LogP contribution in [0.2, 0.25) is 0 Å². The lowest BCUT2D eigenvalue weighted by Crippen LogP contribution is -2.29. The number of rotatable bonds is 6. The van der Waals surface area contributed by atoms with Crippen molar-refractivity contribution >= 4 is 34.0 Å². The maximum absolute atomic E-state index is 13.5. The van der Waals surface area contributed by atoms with Gasteiger partial charge < -0.3 is 19.1 Å². The van der Waals surface area contributed by atoms with Crippen LogP contribution in [-0.4, -0.2) is 35.1 Å². The fraction of sp³-hybridized carbons (Fsp3) is 0.200. The number of ketones is 1. The zero-order valence-corrected chi connectivity index (χ0v) is 21.2. The Hall–Kier alpha value is -4.52. The minimum Gasteiger partial charge on any atom is -0.507 e. The Morgan fingerprint density at radius 2 is 1.76 bits per heavy atom. The van der Waals surface area contributed by atoms with Crippen molar-refractivity contribution in [1.29, 1.82) is 0 Å². The predicted octanol–water partition coefficient (Wildman–Crippen LogP) is 5.52. The van der Waals surface area contributed by atoms with E-state index in [0.29, 0.717) is 29.4 Å². The summed E-state index contributed by atoms with van der Waals surface area (Å²) in [5.74, 6) is -0.334. The molecule has 7 nitrogen and oxygen atoms in total. The second-order valence-corrected chi connectivity index (χ2v) is 8.99. The molecule has 7 heteroatoms. The monoisotopic (exact) mass is 496 g/mol.